The van der Waals surface area contributed by atoms with Crippen molar-refractivity contribution in [2.75, 3.05) is 13.1 Å². The molecule has 1 aliphatic heterocycles. The molecule has 2 fully saturated rings. The molecule has 0 unspecified atom stereocenters. The van der Waals surface area contributed by atoms with Gasteiger partial charge in [-0.15, -0.1) is 0 Å². The largest absolute Gasteiger partial charge is 0.339 e. The topological polar surface area (TPSA) is 66.5 Å². The van der Waals surface area contributed by atoms with Crippen molar-refractivity contribution in [3.8, 4) is 0 Å². The Kier molecular flexibility index (Phi) is 5.02. The fourth-order valence-corrected chi connectivity index (χ4v) is 4.89. The average Bonchev–Trinajstić information content (AvgIpc) is 3.52. The summed E-state index contributed by atoms with van der Waals surface area (Å²) in [5.74, 6) is 0.469. The van der Waals surface area contributed by atoms with Gasteiger partial charge in [-0.2, -0.15) is 0 Å². The second-order valence-corrected chi connectivity index (χ2v) is 9.11. The van der Waals surface area contributed by atoms with Crippen molar-refractivity contribution in [2.45, 2.75) is 42.5 Å². The van der Waals surface area contributed by atoms with Crippen LogP contribution in [0.2, 0.25) is 0 Å². The smallest absolute Gasteiger partial charge is 0.253 e. The Hall–Kier alpha value is -2.18. The van der Waals surface area contributed by atoms with Crippen LogP contribution >= 0.6 is 0 Å². The van der Waals surface area contributed by atoms with Gasteiger partial charge in [-0.05, 0) is 61.4 Å². The Morgan fingerprint density at radius 2 is 1.52 bits per heavy atom. The summed E-state index contributed by atoms with van der Waals surface area (Å²) in [6, 6.07) is 16.8. The van der Waals surface area contributed by atoms with E-state index in [0.29, 0.717) is 11.5 Å². The van der Waals surface area contributed by atoms with Crippen LogP contribution < -0.4 is 4.72 Å². The highest BCUT2D eigenvalue weighted by atomic mass is 32.2. The van der Waals surface area contributed by atoms with Gasteiger partial charge in [0.1, 0.15) is 0 Å². The number of amides is 1. The molecule has 1 saturated heterocycles. The molecule has 0 aromatic heterocycles. The Morgan fingerprint density at radius 3 is 2.11 bits per heavy atom. The SMILES string of the molecule is O=C(c1ccc(S(=O)(=O)NC2CC2)cc1)N1CCC(c2ccccc2)CC1. The minimum atomic E-state index is -3.48. The van der Waals surface area contributed by atoms with Crippen molar-refractivity contribution < 1.29 is 13.2 Å². The maximum Gasteiger partial charge on any atom is 0.253 e. The Bertz CT molecular complexity index is 898. The summed E-state index contributed by atoms with van der Waals surface area (Å²) in [5.41, 5.74) is 1.88. The molecule has 1 N–H and O–H groups in total. The quantitative estimate of drug-likeness (QED) is 0.861. The molecule has 5 nitrogen and oxygen atoms in total. The first-order chi connectivity index (χ1) is 13.0. The second kappa shape index (κ2) is 7.44. The molecule has 1 amide bonds. The predicted molar refractivity (Wildman–Crippen MR) is 104 cm³/mol. The molecule has 0 radical (unpaired) electrons. The van der Waals surface area contributed by atoms with E-state index < -0.39 is 10.0 Å². The van der Waals surface area contributed by atoms with E-state index in [1.165, 1.54) is 17.7 Å². The molecule has 1 heterocycles. The molecule has 1 saturated carbocycles. The van der Waals surface area contributed by atoms with E-state index in [-0.39, 0.29) is 16.8 Å². The monoisotopic (exact) mass is 384 g/mol. The lowest BCUT2D eigenvalue weighted by Crippen LogP contribution is -2.37. The van der Waals surface area contributed by atoms with Gasteiger partial charge in [0.05, 0.1) is 4.90 Å². The lowest BCUT2D eigenvalue weighted by atomic mass is 9.89. The van der Waals surface area contributed by atoms with Crippen LogP contribution in [-0.4, -0.2) is 38.4 Å². The zero-order chi connectivity index (χ0) is 18.9. The molecule has 0 bridgehead atoms. The molecule has 0 atom stereocenters. The van der Waals surface area contributed by atoms with Crippen LogP contribution in [0.5, 0.6) is 0 Å². The van der Waals surface area contributed by atoms with Gasteiger partial charge in [0, 0.05) is 24.7 Å². The standard InChI is InChI=1S/C21H24N2O3S/c24-21(23-14-12-17(13-15-23)16-4-2-1-3-5-16)18-6-10-20(11-7-18)27(25,26)22-19-8-9-19/h1-7,10-11,17,19,22H,8-9,12-15H2. The third-order valence-electron chi connectivity index (χ3n) is 5.36. The third-order valence-corrected chi connectivity index (χ3v) is 6.90. The number of nitrogens with zero attached hydrogens (tertiary/aromatic N) is 1. The summed E-state index contributed by atoms with van der Waals surface area (Å²) in [4.78, 5) is 14.8. The second-order valence-electron chi connectivity index (χ2n) is 7.40. The van der Waals surface area contributed by atoms with Gasteiger partial charge < -0.3 is 4.90 Å². The molecule has 2 aromatic rings. The van der Waals surface area contributed by atoms with Crippen molar-refractivity contribution >= 4 is 15.9 Å². The number of carbonyl (C=O) groups excluding carboxylic acids is 1. The number of carbonyl (C=O) groups is 1. The molecule has 1 aliphatic carbocycles. The van der Waals surface area contributed by atoms with Crippen molar-refractivity contribution in [2.24, 2.45) is 0 Å². The maximum absolute atomic E-state index is 12.8. The molecule has 4 rings (SSSR count). The predicted octanol–water partition coefficient (Wildman–Crippen LogP) is 3.15. The van der Waals surface area contributed by atoms with Crippen molar-refractivity contribution in [3.63, 3.8) is 0 Å². The van der Waals surface area contributed by atoms with Gasteiger partial charge in [0.25, 0.3) is 5.91 Å². The van der Waals surface area contributed by atoms with E-state index in [0.717, 1.165) is 38.8 Å². The first kappa shape index (κ1) is 18.2. The van der Waals surface area contributed by atoms with E-state index in [1.807, 2.05) is 11.0 Å². The minimum absolute atomic E-state index is 0.0272. The summed E-state index contributed by atoms with van der Waals surface area (Å²) >= 11 is 0. The van der Waals surface area contributed by atoms with Crippen LogP contribution in [0.4, 0.5) is 0 Å². The van der Waals surface area contributed by atoms with Crippen LogP contribution in [0.15, 0.2) is 59.5 Å². The van der Waals surface area contributed by atoms with E-state index >= 15 is 0 Å². The fourth-order valence-electron chi connectivity index (χ4n) is 3.59. The number of sulfonamides is 1. The van der Waals surface area contributed by atoms with Crippen LogP contribution in [0.1, 0.15) is 47.5 Å². The van der Waals surface area contributed by atoms with Gasteiger partial charge in [-0.3, -0.25) is 4.79 Å². The zero-order valence-corrected chi connectivity index (χ0v) is 16.0. The molecule has 2 aromatic carbocycles. The number of hydrogen-bond donors (Lipinski definition) is 1. The van der Waals surface area contributed by atoms with Crippen LogP contribution in [0.25, 0.3) is 0 Å². The number of likely N-dealkylation sites (tertiary alicyclic amines) is 1. The maximum atomic E-state index is 12.8. The highest BCUT2D eigenvalue weighted by Crippen LogP contribution is 2.28. The number of rotatable bonds is 5. The Balaban J connectivity index is 1.38. The summed E-state index contributed by atoms with van der Waals surface area (Å²) in [6.07, 6.45) is 3.70. The molecule has 27 heavy (non-hydrogen) atoms. The fraction of sp³-hybridized carbons (Fsp3) is 0.381. The first-order valence-electron chi connectivity index (χ1n) is 9.49. The Labute approximate surface area is 160 Å². The lowest BCUT2D eigenvalue weighted by Gasteiger charge is -2.32. The van der Waals surface area contributed by atoms with Crippen LogP contribution in [0, 0.1) is 0 Å². The van der Waals surface area contributed by atoms with Crippen molar-refractivity contribution in [3.05, 3.63) is 65.7 Å². The molecule has 2 aliphatic rings. The van der Waals surface area contributed by atoms with E-state index in [9.17, 15) is 13.2 Å². The van der Waals surface area contributed by atoms with E-state index in [2.05, 4.69) is 29.0 Å². The first-order valence-corrected chi connectivity index (χ1v) is 11.0. The summed E-state index contributed by atoms with van der Waals surface area (Å²) in [5, 5.41) is 0. The number of hydrogen-bond acceptors (Lipinski definition) is 3. The highest BCUT2D eigenvalue weighted by Gasteiger charge is 2.28. The molecule has 142 valence electrons. The normalized spacial score (nSPS) is 18.4. The van der Waals surface area contributed by atoms with Gasteiger partial charge in [-0.1, -0.05) is 30.3 Å². The summed E-state index contributed by atoms with van der Waals surface area (Å²) in [6.45, 7) is 1.45. The highest BCUT2D eigenvalue weighted by molar-refractivity contribution is 7.89. The average molecular weight is 385 g/mol. The van der Waals surface area contributed by atoms with Gasteiger partial charge in [0.15, 0.2) is 0 Å². The third kappa shape index (κ3) is 4.22. The van der Waals surface area contributed by atoms with Crippen molar-refractivity contribution in [1.82, 2.24) is 9.62 Å². The number of piperidine rings is 1. The number of benzene rings is 2. The summed E-state index contributed by atoms with van der Waals surface area (Å²) in [7, 11) is -3.48. The van der Waals surface area contributed by atoms with Gasteiger partial charge in [0.2, 0.25) is 10.0 Å². The van der Waals surface area contributed by atoms with Crippen LogP contribution in [0.3, 0.4) is 0 Å². The molecular weight excluding hydrogens is 360 g/mol. The minimum Gasteiger partial charge on any atom is -0.339 e. The Morgan fingerprint density at radius 1 is 0.889 bits per heavy atom. The zero-order valence-electron chi connectivity index (χ0n) is 15.2. The molecular formula is C21H24N2O3S. The molecule has 6 heteroatoms. The van der Waals surface area contributed by atoms with Crippen LogP contribution in [-0.2, 0) is 10.0 Å². The summed E-state index contributed by atoms with van der Waals surface area (Å²) < 4.78 is 27.1. The van der Waals surface area contributed by atoms with Gasteiger partial charge in [-0.25, -0.2) is 13.1 Å². The van der Waals surface area contributed by atoms with Gasteiger partial charge >= 0.3 is 0 Å². The van der Waals surface area contributed by atoms with Crippen molar-refractivity contribution in [1.29, 1.82) is 0 Å². The molecule has 0 spiro atoms. The van der Waals surface area contributed by atoms with E-state index in [4.69, 9.17) is 0 Å². The van der Waals surface area contributed by atoms with E-state index in [1.54, 1.807) is 12.1 Å². The lowest BCUT2D eigenvalue weighted by molar-refractivity contribution is 0.0713. The number of nitrogens with one attached hydrogen (secondary N) is 1.